The zero-order valence-electron chi connectivity index (χ0n) is 15.3. The molecule has 1 heterocycles. The number of piperidine rings is 1. The minimum atomic E-state index is -3.31. The number of aliphatic imine (C=N–C) groups is 1. The number of benzene rings is 2. The van der Waals surface area contributed by atoms with E-state index in [4.69, 9.17) is 0 Å². The molecule has 0 saturated carbocycles. The van der Waals surface area contributed by atoms with Gasteiger partial charge in [0.05, 0.1) is 17.2 Å². The molecule has 1 saturated heterocycles. The Morgan fingerprint density at radius 3 is 2.15 bits per heavy atom. The Labute approximate surface area is 178 Å². The van der Waals surface area contributed by atoms with Gasteiger partial charge in [-0.3, -0.25) is 4.99 Å². The Bertz CT molecular complexity index is 821. The van der Waals surface area contributed by atoms with Gasteiger partial charge in [-0.25, -0.2) is 8.42 Å². The summed E-state index contributed by atoms with van der Waals surface area (Å²) in [7, 11) is -3.31. The van der Waals surface area contributed by atoms with Crippen molar-refractivity contribution in [3.8, 4) is 0 Å². The minimum absolute atomic E-state index is 0. The topological polar surface area (TPSA) is 61.8 Å². The van der Waals surface area contributed by atoms with Crippen molar-refractivity contribution in [2.45, 2.75) is 24.2 Å². The molecule has 0 aliphatic carbocycles. The number of para-hydroxylation sites is 1. The molecule has 1 N–H and O–H groups in total. The average molecular weight is 499 g/mol. The van der Waals surface area contributed by atoms with Gasteiger partial charge in [-0.2, -0.15) is 0 Å². The summed E-state index contributed by atoms with van der Waals surface area (Å²) in [5.74, 6) is 0.768. The number of likely N-dealkylation sites (tertiary alicyclic amines) is 1. The van der Waals surface area contributed by atoms with Crippen LogP contribution in [-0.2, 0) is 9.84 Å². The molecule has 2 aromatic rings. The maximum absolute atomic E-state index is 12.4. The molecule has 146 valence electrons. The van der Waals surface area contributed by atoms with E-state index in [0.29, 0.717) is 4.90 Å². The predicted molar refractivity (Wildman–Crippen MR) is 122 cm³/mol. The molecule has 5 nitrogen and oxygen atoms in total. The fourth-order valence-electron chi connectivity index (χ4n) is 2.99. The third kappa shape index (κ3) is 6.49. The fourth-order valence-corrected chi connectivity index (χ4v) is 4.13. The Balaban J connectivity index is 0.00000261. The predicted octanol–water partition coefficient (Wildman–Crippen LogP) is 4.03. The molecule has 7 heteroatoms. The molecular formula is C20H26IN3O2S. The summed E-state index contributed by atoms with van der Waals surface area (Å²) in [5, 5.41) is 3.36. The molecule has 0 bridgehead atoms. The molecule has 27 heavy (non-hydrogen) atoms. The van der Waals surface area contributed by atoms with Crippen LogP contribution < -0.4 is 5.32 Å². The number of guanidine groups is 1. The largest absolute Gasteiger partial charge is 0.343 e. The first-order valence-electron chi connectivity index (χ1n) is 9.04. The first-order valence-corrected chi connectivity index (χ1v) is 10.7. The van der Waals surface area contributed by atoms with E-state index >= 15 is 0 Å². The van der Waals surface area contributed by atoms with Crippen molar-refractivity contribution in [2.75, 3.05) is 30.7 Å². The number of nitrogens with one attached hydrogen (secondary N) is 1. The molecule has 3 rings (SSSR count). The van der Waals surface area contributed by atoms with E-state index in [9.17, 15) is 8.42 Å². The smallest absolute Gasteiger partial charge is 0.198 e. The monoisotopic (exact) mass is 499 g/mol. The summed E-state index contributed by atoms with van der Waals surface area (Å²) in [5.41, 5.74) is 0.961. The standard InChI is InChI=1S/C20H25N3O2S.HI/c24-26(25,19-12-6-2-7-13-19)17-14-21-20(23-15-8-3-9-16-23)22-18-10-4-1-5-11-18;/h1-2,4-7,10-13H,3,8-9,14-17H2,(H,21,22);1H. The van der Waals surface area contributed by atoms with Crippen LogP contribution in [0.4, 0.5) is 5.69 Å². The Morgan fingerprint density at radius 2 is 1.52 bits per heavy atom. The van der Waals surface area contributed by atoms with Crippen LogP contribution in [0.2, 0.25) is 0 Å². The van der Waals surface area contributed by atoms with Crippen molar-refractivity contribution < 1.29 is 8.42 Å². The summed E-state index contributed by atoms with van der Waals surface area (Å²) in [6, 6.07) is 18.4. The number of rotatable bonds is 5. The number of anilines is 1. The highest BCUT2D eigenvalue weighted by atomic mass is 127. The molecule has 0 atom stereocenters. The molecule has 0 unspecified atom stereocenters. The van der Waals surface area contributed by atoms with Crippen molar-refractivity contribution in [3.63, 3.8) is 0 Å². The maximum atomic E-state index is 12.4. The molecule has 2 aromatic carbocycles. The highest BCUT2D eigenvalue weighted by molar-refractivity contribution is 14.0. The second-order valence-corrected chi connectivity index (χ2v) is 8.49. The summed E-state index contributed by atoms with van der Waals surface area (Å²) >= 11 is 0. The second-order valence-electron chi connectivity index (χ2n) is 6.38. The lowest BCUT2D eigenvalue weighted by atomic mass is 10.1. The molecule has 0 aromatic heterocycles. The highest BCUT2D eigenvalue weighted by Crippen LogP contribution is 2.14. The van der Waals surface area contributed by atoms with Crippen LogP contribution in [0.15, 0.2) is 70.6 Å². The van der Waals surface area contributed by atoms with Crippen molar-refractivity contribution in [1.29, 1.82) is 0 Å². The number of nitrogens with zero attached hydrogens (tertiary/aromatic N) is 2. The lowest BCUT2D eigenvalue weighted by Gasteiger charge is -2.30. The number of halogens is 1. The average Bonchev–Trinajstić information content (AvgIpc) is 2.69. The van der Waals surface area contributed by atoms with E-state index < -0.39 is 9.84 Å². The lowest BCUT2D eigenvalue weighted by Crippen LogP contribution is -2.40. The van der Waals surface area contributed by atoms with Gasteiger partial charge in [-0.15, -0.1) is 24.0 Å². The van der Waals surface area contributed by atoms with E-state index in [-0.39, 0.29) is 36.3 Å². The van der Waals surface area contributed by atoms with E-state index in [2.05, 4.69) is 15.2 Å². The normalized spacial score (nSPS) is 15.1. The SMILES string of the molecule is I.O=S(=O)(CCN=C(Nc1ccccc1)N1CCCCC1)c1ccccc1. The quantitative estimate of drug-likeness (QED) is 0.384. The van der Waals surface area contributed by atoms with Crippen molar-refractivity contribution in [1.82, 2.24) is 4.90 Å². The first kappa shape index (κ1) is 21.7. The van der Waals surface area contributed by atoms with Crippen LogP contribution in [0.1, 0.15) is 19.3 Å². The second kappa shape index (κ2) is 10.7. The molecule has 0 spiro atoms. The van der Waals surface area contributed by atoms with Crippen molar-refractivity contribution in [3.05, 3.63) is 60.7 Å². The van der Waals surface area contributed by atoms with Crippen molar-refractivity contribution >= 4 is 45.5 Å². The molecular weight excluding hydrogens is 473 g/mol. The first-order chi connectivity index (χ1) is 12.6. The minimum Gasteiger partial charge on any atom is -0.343 e. The molecule has 1 fully saturated rings. The van der Waals surface area contributed by atoms with Gasteiger partial charge in [0.15, 0.2) is 15.8 Å². The van der Waals surface area contributed by atoms with Gasteiger partial charge < -0.3 is 10.2 Å². The maximum Gasteiger partial charge on any atom is 0.198 e. The van der Waals surface area contributed by atoms with E-state index in [0.717, 1.165) is 37.6 Å². The third-order valence-electron chi connectivity index (χ3n) is 4.41. The van der Waals surface area contributed by atoms with Gasteiger partial charge in [-0.1, -0.05) is 36.4 Å². The zero-order valence-corrected chi connectivity index (χ0v) is 18.4. The van der Waals surface area contributed by atoms with Crippen LogP contribution >= 0.6 is 24.0 Å². The van der Waals surface area contributed by atoms with Gasteiger partial charge >= 0.3 is 0 Å². The summed E-state index contributed by atoms with van der Waals surface area (Å²) < 4.78 is 24.9. The van der Waals surface area contributed by atoms with E-state index in [1.165, 1.54) is 6.42 Å². The van der Waals surface area contributed by atoms with Gasteiger partial charge in [-0.05, 0) is 43.5 Å². The molecule has 0 radical (unpaired) electrons. The van der Waals surface area contributed by atoms with Crippen molar-refractivity contribution in [2.24, 2.45) is 4.99 Å². The summed E-state index contributed by atoms with van der Waals surface area (Å²) in [6.45, 7) is 2.14. The van der Waals surface area contributed by atoms with Crippen LogP contribution in [-0.4, -0.2) is 44.7 Å². The van der Waals surface area contributed by atoms with E-state index in [1.54, 1.807) is 24.3 Å². The summed E-state index contributed by atoms with van der Waals surface area (Å²) in [6.07, 6.45) is 3.51. The third-order valence-corrected chi connectivity index (χ3v) is 6.12. The molecule has 1 aliphatic rings. The Hall–Kier alpha value is -1.61. The summed E-state index contributed by atoms with van der Waals surface area (Å²) in [4.78, 5) is 7.17. The van der Waals surface area contributed by atoms with Crippen LogP contribution in [0.3, 0.4) is 0 Å². The Kier molecular flexibility index (Phi) is 8.56. The lowest BCUT2D eigenvalue weighted by molar-refractivity contribution is 0.340. The van der Waals surface area contributed by atoms with Gasteiger partial charge in [0.2, 0.25) is 0 Å². The number of sulfone groups is 1. The highest BCUT2D eigenvalue weighted by Gasteiger charge is 2.17. The molecule has 1 aliphatic heterocycles. The fraction of sp³-hybridized carbons (Fsp3) is 0.350. The van der Waals surface area contributed by atoms with Gasteiger partial charge in [0.1, 0.15) is 0 Å². The zero-order chi connectivity index (χ0) is 18.2. The van der Waals surface area contributed by atoms with Crippen LogP contribution in [0.5, 0.6) is 0 Å². The van der Waals surface area contributed by atoms with E-state index in [1.807, 2.05) is 36.4 Å². The molecule has 0 amide bonds. The number of hydrogen-bond donors (Lipinski definition) is 1. The Morgan fingerprint density at radius 1 is 0.926 bits per heavy atom. The van der Waals surface area contributed by atoms with Gasteiger partial charge in [0.25, 0.3) is 0 Å². The number of hydrogen-bond acceptors (Lipinski definition) is 3. The van der Waals surface area contributed by atoms with Crippen LogP contribution in [0.25, 0.3) is 0 Å². The van der Waals surface area contributed by atoms with Crippen LogP contribution in [0, 0.1) is 0 Å². The van der Waals surface area contributed by atoms with Gasteiger partial charge in [0, 0.05) is 18.8 Å².